The van der Waals surface area contributed by atoms with Crippen molar-refractivity contribution in [3.05, 3.63) is 0 Å². The first-order valence-corrected chi connectivity index (χ1v) is 54.6. The van der Waals surface area contributed by atoms with Gasteiger partial charge in [-0.1, -0.05) is 13.8 Å². The van der Waals surface area contributed by atoms with E-state index in [0.717, 1.165) is 27.9 Å². The minimum atomic E-state index is -5.34. The van der Waals surface area contributed by atoms with Gasteiger partial charge in [-0.3, -0.25) is 73.0 Å². The van der Waals surface area contributed by atoms with Gasteiger partial charge in [-0.2, -0.15) is 0 Å². The average molecular weight is 2070 g/mol. The molecule has 0 amide bonds. The van der Waals surface area contributed by atoms with Crippen molar-refractivity contribution in [3.8, 4) is 0 Å². The Balaban J connectivity index is -0.000000468. The van der Waals surface area contributed by atoms with E-state index >= 15 is 0 Å². The molecule has 80 heteroatoms. The first kappa shape index (κ1) is 133. The van der Waals surface area contributed by atoms with E-state index in [4.69, 9.17) is 29.4 Å². The quantitative estimate of drug-likeness (QED) is 0.0220. The molecule has 0 aliphatic heterocycles. The molecule has 64 nitrogen and oxygen atoms in total. The number of phosphoric ester groups is 16. The van der Waals surface area contributed by atoms with Crippen molar-refractivity contribution in [2.45, 2.75) is 94.5 Å². The van der Waals surface area contributed by atoms with E-state index in [-0.39, 0.29) is 39.6 Å². The van der Waals surface area contributed by atoms with Crippen LogP contribution in [0.25, 0.3) is 0 Å². The monoisotopic (exact) mass is 2070 g/mol. The van der Waals surface area contributed by atoms with E-state index < -0.39 is 254 Å². The van der Waals surface area contributed by atoms with Crippen LogP contribution in [0.1, 0.15) is 76.2 Å². The Morgan fingerprint density at radius 2 is 0.390 bits per heavy atom. The zero-order chi connectivity index (χ0) is 94.4. The molecule has 20 atom stereocenters. The highest BCUT2D eigenvalue weighted by molar-refractivity contribution is 7.49. The molecule has 0 aromatic heterocycles. The maximum Gasteiger partial charge on any atom is 0.472 e. The molecule has 0 saturated heterocycles. The molecular formula is C38H90O64P16-16. The predicted octanol–water partition coefficient (Wildman–Crippen LogP) is -6.05. The molecule has 0 spiro atoms. The number of hydrogen-bond acceptors (Lipinski definition) is 57. The SMILES string of the molecule is CCOP(=O)([O-])O.CCOP(=O)([O-])O.CCOP(=O)([O-])O.CCOP(=O)([O-])O.CCOP(=O)([O-])O.CCOP(=O)([O-])O.COP(=O)([O-])OCC(C)COP(=O)([O-])OCCOP(=O)([O-])OCCOP(=O)(O)OC(C)COP(=O)([O-])OCCOP(=O)([O-])OC(C)COP(=O)([O-])OCCOP(=O)([O-])OC(C)COP(=O)([O-])OCC(C)COP(=O)([O-])[O-]. The number of hydrogen-bond donors (Lipinski definition) is 7. The van der Waals surface area contributed by atoms with E-state index in [9.17, 15) is 156 Å². The van der Waals surface area contributed by atoms with Gasteiger partial charge in [0.2, 0.25) is 0 Å². The third-order valence-electron chi connectivity index (χ3n) is 8.71. The Morgan fingerprint density at radius 1 is 0.220 bits per heavy atom. The summed E-state index contributed by atoms with van der Waals surface area (Å²) < 4.78 is 281. The summed E-state index contributed by atoms with van der Waals surface area (Å²) in [7, 11) is -77.2. The van der Waals surface area contributed by atoms with Crippen LogP contribution in [-0.4, -0.2) is 198 Å². The van der Waals surface area contributed by atoms with Gasteiger partial charge in [0.05, 0.1) is 165 Å². The minimum absolute atomic E-state index is 0.0166. The average Bonchev–Trinajstić information content (AvgIpc) is 0.890. The highest BCUT2D eigenvalue weighted by Crippen LogP contribution is 2.49. The third kappa shape index (κ3) is 108. The van der Waals surface area contributed by atoms with Crippen LogP contribution < -0.4 is 78.3 Å². The molecule has 0 heterocycles. The second-order valence-electron chi connectivity index (χ2n) is 19.7. The maximum atomic E-state index is 12.2. The van der Waals surface area contributed by atoms with E-state index in [1.54, 1.807) is 0 Å². The summed E-state index contributed by atoms with van der Waals surface area (Å²) in [6.45, 7) is 0.862. The summed E-state index contributed by atoms with van der Waals surface area (Å²) in [5.41, 5.74) is 0. The fraction of sp³-hybridized carbons (Fsp3) is 1.00. The number of phosphoric acid groups is 16. The third-order valence-corrected chi connectivity index (χ3v) is 21.8. The van der Waals surface area contributed by atoms with Crippen LogP contribution in [0.2, 0.25) is 0 Å². The molecule has 0 saturated carbocycles. The summed E-state index contributed by atoms with van der Waals surface area (Å²) in [6, 6.07) is 0. The normalized spacial score (nSPS) is 20.7. The van der Waals surface area contributed by atoms with Crippen LogP contribution in [0.15, 0.2) is 0 Å². The van der Waals surface area contributed by atoms with Gasteiger partial charge in [0.15, 0.2) is 0 Å². The van der Waals surface area contributed by atoms with Gasteiger partial charge in [-0.25, -0.2) is 4.57 Å². The lowest BCUT2D eigenvalue weighted by molar-refractivity contribution is -0.342. The molecule has 7 N–H and O–H groups in total. The second-order valence-corrected chi connectivity index (χ2v) is 40.7. The van der Waals surface area contributed by atoms with Gasteiger partial charge in [0.25, 0.3) is 110 Å². The minimum Gasteiger partial charge on any atom is -0.790 e. The molecular weight excluding hydrogens is 1980 g/mol. The van der Waals surface area contributed by atoms with Crippen molar-refractivity contribution in [1.29, 1.82) is 0 Å². The van der Waals surface area contributed by atoms with E-state index in [1.165, 1.54) is 55.4 Å². The molecule has 0 rings (SSSR count). The zero-order valence-corrected chi connectivity index (χ0v) is 77.6. The smallest absolute Gasteiger partial charge is 0.472 e. The summed E-state index contributed by atoms with van der Waals surface area (Å²) >= 11 is 0. The highest BCUT2D eigenvalue weighted by Gasteiger charge is 2.28. The van der Waals surface area contributed by atoms with Crippen LogP contribution in [0, 0.1) is 11.8 Å². The molecule has 118 heavy (non-hydrogen) atoms. The lowest BCUT2D eigenvalue weighted by Gasteiger charge is -2.31. The van der Waals surface area contributed by atoms with Crippen molar-refractivity contribution in [2.75, 3.05) is 146 Å². The van der Waals surface area contributed by atoms with Gasteiger partial charge < -0.3 is 221 Å². The topological polar surface area (TPSA) is 1010 Å². The van der Waals surface area contributed by atoms with Crippen molar-refractivity contribution < 1.29 is 299 Å². The standard InChI is InChI=1S/C26H64O40P10.6C2H7O4P/c1-22(15-57-67(27,28)29)17-60-73(40,41)63-21-26(5)66-76(46,47)56-14-11-53-72(38,39)62-20-25(4)65-75(44,45)55-13-10-52-71(36,37)61-19-24(3)64-74(42,43)54-12-9-50-69(32,33)49-7-8-51-70(34,35)59-18-23(2)16-58-68(30,31)48-6;6*1-2-6-7(3,4)5/h22-26H,7-21H2,1-6H3,(H,30,31)(H,32,33)(H,34,35)(H,36,37)(H,38,39)(H,40,41)(H,42,43)(H,44,45)(H,46,47)(H2,27,28,29);6*2H2,1H3,(H2,3,4,5)/p-16. The molecule has 0 bridgehead atoms. The molecule has 0 aliphatic carbocycles. The van der Waals surface area contributed by atoms with Crippen molar-refractivity contribution in [2.24, 2.45) is 11.8 Å². The Kier molecular flexibility index (Phi) is 73.6. The summed E-state index contributed by atoms with van der Waals surface area (Å²) in [5, 5.41) is 0. The van der Waals surface area contributed by atoms with Crippen LogP contribution in [0.3, 0.4) is 0 Å². The van der Waals surface area contributed by atoms with Crippen molar-refractivity contribution >= 4 is 125 Å². The molecule has 722 valence electrons. The van der Waals surface area contributed by atoms with Gasteiger partial charge in [0, 0.05) is 18.9 Å². The Labute approximate surface area is 673 Å². The zero-order valence-electron chi connectivity index (χ0n) is 63.3. The largest absolute Gasteiger partial charge is 0.790 e. The molecule has 0 fully saturated rings. The maximum absolute atomic E-state index is 12.2. The summed E-state index contributed by atoms with van der Waals surface area (Å²) in [5.74, 6) is -1.70. The lowest BCUT2D eigenvalue weighted by Crippen LogP contribution is -2.24. The summed E-state index contributed by atoms with van der Waals surface area (Å²) in [4.78, 5) is 230. The van der Waals surface area contributed by atoms with Crippen molar-refractivity contribution in [1.82, 2.24) is 0 Å². The first-order chi connectivity index (χ1) is 52.8. The molecule has 0 aliphatic rings. The van der Waals surface area contributed by atoms with Gasteiger partial charge in [0.1, 0.15) is 0 Å². The summed E-state index contributed by atoms with van der Waals surface area (Å²) in [6.07, 6.45) is -4.74. The Bertz CT molecular complexity index is 3280. The fourth-order valence-electron chi connectivity index (χ4n) is 4.82. The molecule has 0 aromatic carbocycles. The number of rotatable bonds is 60. The van der Waals surface area contributed by atoms with Crippen LogP contribution in [-0.2, 0) is 186 Å². The van der Waals surface area contributed by atoms with Gasteiger partial charge in [-0.15, -0.1) is 0 Å². The first-order valence-electron chi connectivity index (χ1n) is 31.0. The highest BCUT2D eigenvalue weighted by atomic mass is 31.2. The van der Waals surface area contributed by atoms with E-state index in [0.29, 0.717) is 0 Å². The van der Waals surface area contributed by atoms with Gasteiger partial charge >= 0.3 is 7.82 Å². The molecule has 0 radical (unpaired) electrons. The fourth-order valence-corrected chi connectivity index (χ4v) is 14.3. The second kappa shape index (κ2) is 65.3. The van der Waals surface area contributed by atoms with Gasteiger partial charge in [-0.05, 0) is 62.3 Å². The van der Waals surface area contributed by atoms with Crippen LogP contribution >= 0.6 is 125 Å². The van der Waals surface area contributed by atoms with Crippen LogP contribution in [0.5, 0.6) is 0 Å². The van der Waals surface area contributed by atoms with Crippen molar-refractivity contribution in [3.63, 3.8) is 0 Å². The van der Waals surface area contributed by atoms with E-state index in [2.05, 4.69) is 113 Å². The Hall–Kier alpha value is 1.76. The predicted molar refractivity (Wildman–Crippen MR) is 353 cm³/mol. The van der Waals surface area contributed by atoms with E-state index in [1.807, 2.05) is 0 Å². The van der Waals surface area contributed by atoms with Crippen LogP contribution in [0.4, 0.5) is 0 Å². The molecule has 0 aromatic rings. The lowest BCUT2D eigenvalue weighted by atomic mass is 10.2. The Morgan fingerprint density at radius 3 is 0.585 bits per heavy atom. The molecule has 20 unspecified atom stereocenters.